The van der Waals surface area contributed by atoms with Crippen molar-refractivity contribution < 1.29 is 19.1 Å². The van der Waals surface area contributed by atoms with E-state index in [9.17, 15) is 9.59 Å². The van der Waals surface area contributed by atoms with Crippen LogP contribution in [0.25, 0.3) is 0 Å². The van der Waals surface area contributed by atoms with Crippen molar-refractivity contribution in [1.29, 1.82) is 0 Å². The number of carbonyl (C=O) groups is 2. The van der Waals surface area contributed by atoms with Crippen LogP contribution in [0, 0.1) is 12.8 Å². The van der Waals surface area contributed by atoms with Gasteiger partial charge < -0.3 is 14.4 Å². The molecule has 24 heavy (non-hydrogen) atoms. The van der Waals surface area contributed by atoms with E-state index < -0.39 is 0 Å². The Kier molecular flexibility index (Phi) is 8.47. The Morgan fingerprint density at radius 3 is 2.42 bits per heavy atom. The maximum Gasteiger partial charge on any atom is 0.310 e. The van der Waals surface area contributed by atoms with Crippen molar-refractivity contribution in [2.24, 2.45) is 5.92 Å². The number of carbonyl (C=O) groups excluding carboxylic acids is 2. The van der Waals surface area contributed by atoms with Crippen LogP contribution in [-0.2, 0) is 14.3 Å². The number of methoxy groups -OCH3 is 1. The number of amides is 1. The molecule has 1 atom stereocenters. The van der Waals surface area contributed by atoms with Gasteiger partial charge in [0.1, 0.15) is 0 Å². The summed E-state index contributed by atoms with van der Waals surface area (Å²) in [7, 11) is 1.36. The van der Waals surface area contributed by atoms with Gasteiger partial charge in [0.2, 0.25) is 0 Å². The summed E-state index contributed by atoms with van der Waals surface area (Å²) in [5, 5.41) is 0. The highest BCUT2D eigenvalue weighted by Crippen LogP contribution is 2.13. The van der Waals surface area contributed by atoms with Crippen LogP contribution in [0.4, 0.5) is 0 Å². The molecule has 1 aromatic rings. The number of ether oxygens (including phenoxy) is 2. The molecular weight excluding hydrogens is 306 g/mol. The summed E-state index contributed by atoms with van der Waals surface area (Å²) >= 11 is 0. The van der Waals surface area contributed by atoms with Crippen LogP contribution in [0.1, 0.15) is 43.1 Å². The molecule has 5 heteroatoms. The fraction of sp³-hybridized carbons (Fsp3) is 0.579. The van der Waals surface area contributed by atoms with Crippen molar-refractivity contribution in [3.05, 3.63) is 35.4 Å². The summed E-state index contributed by atoms with van der Waals surface area (Å²) in [4.78, 5) is 26.3. The van der Waals surface area contributed by atoms with Crippen LogP contribution < -0.4 is 0 Å². The Bertz CT molecular complexity index is 542. The molecule has 0 saturated carbocycles. The molecule has 1 rings (SSSR count). The second-order valence-corrected chi connectivity index (χ2v) is 6.26. The number of aryl methyl sites for hydroxylation is 1. The van der Waals surface area contributed by atoms with Crippen molar-refractivity contribution >= 4 is 11.9 Å². The van der Waals surface area contributed by atoms with Crippen molar-refractivity contribution in [2.75, 3.05) is 26.8 Å². The lowest BCUT2D eigenvalue weighted by Gasteiger charge is -2.26. The normalized spacial score (nSPS) is 12.1. The van der Waals surface area contributed by atoms with Crippen molar-refractivity contribution in [3.8, 4) is 0 Å². The molecule has 0 saturated heterocycles. The molecule has 0 aliphatic heterocycles. The number of hydrogen-bond donors (Lipinski definition) is 0. The third kappa shape index (κ3) is 6.32. The van der Waals surface area contributed by atoms with Crippen LogP contribution in [0.2, 0.25) is 0 Å². The molecule has 0 N–H and O–H groups in total. The first-order chi connectivity index (χ1) is 11.4. The predicted octanol–water partition coefficient (Wildman–Crippen LogP) is 3.06. The Hall–Kier alpha value is -1.88. The van der Waals surface area contributed by atoms with Gasteiger partial charge in [0, 0.05) is 25.3 Å². The molecule has 0 heterocycles. The standard InChI is InChI=1S/C19H29NO4/c1-14(2)24-12-8-11-20(13-16(4)19(22)23-5)18(21)17-10-7-6-9-15(17)3/h6-7,9-10,14,16H,8,11-13H2,1-5H3. The van der Waals surface area contributed by atoms with Gasteiger partial charge in [0.15, 0.2) is 0 Å². The zero-order valence-electron chi connectivity index (χ0n) is 15.4. The second-order valence-electron chi connectivity index (χ2n) is 6.26. The zero-order chi connectivity index (χ0) is 18.1. The highest BCUT2D eigenvalue weighted by molar-refractivity contribution is 5.95. The van der Waals surface area contributed by atoms with Gasteiger partial charge in [-0.1, -0.05) is 25.1 Å². The number of nitrogens with zero attached hydrogens (tertiary/aromatic N) is 1. The Morgan fingerprint density at radius 2 is 1.83 bits per heavy atom. The molecule has 5 nitrogen and oxygen atoms in total. The molecule has 0 spiro atoms. The Morgan fingerprint density at radius 1 is 1.17 bits per heavy atom. The number of benzene rings is 1. The molecule has 1 aromatic carbocycles. The molecule has 1 amide bonds. The quantitative estimate of drug-likeness (QED) is 0.514. The molecule has 0 aromatic heterocycles. The lowest BCUT2D eigenvalue weighted by atomic mass is 10.1. The molecule has 1 unspecified atom stereocenters. The van der Waals surface area contributed by atoms with Gasteiger partial charge in [-0.2, -0.15) is 0 Å². The van der Waals surface area contributed by atoms with E-state index in [2.05, 4.69) is 0 Å². The van der Waals surface area contributed by atoms with E-state index in [-0.39, 0.29) is 23.9 Å². The van der Waals surface area contributed by atoms with E-state index in [1.165, 1.54) is 7.11 Å². The summed E-state index contributed by atoms with van der Waals surface area (Å²) < 4.78 is 10.3. The molecule has 0 aliphatic carbocycles. The summed E-state index contributed by atoms with van der Waals surface area (Å²) in [5.74, 6) is -0.738. The number of rotatable bonds is 9. The van der Waals surface area contributed by atoms with Crippen molar-refractivity contribution in [1.82, 2.24) is 4.90 Å². The first-order valence-electron chi connectivity index (χ1n) is 8.41. The Balaban J connectivity index is 2.81. The number of esters is 1. The minimum Gasteiger partial charge on any atom is -0.469 e. The van der Waals surface area contributed by atoms with E-state index in [0.717, 1.165) is 12.0 Å². The van der Waals surface area contributed by atoms with Crippen LogP contribution in [0.3, 0.4) is 0 Å². The fourth-order valence-corrected chi connectivity index (χ4v) is 2.44. The molecular formula is C19H29NO4. The lowest BCUT2D eigenvalue weighted by molar-refractivity contribution is -0.145. The first kappa shape index (κ1) is 20.2. The third-order valence-electron chi connectivity index (χ3n) is 3.78. The van der Waals surface area contributed by atoms with Crippen LogP contribution >= 0.6 is 0 Å². The van der Waals surface area contributed by atoms with E-state index in [4.69, 9.17) is 9.47 Å². The summed E-state index contributed by atoms with van der Waals surface area (Å²) in [5.41, 5.74) is 1.59. The summed E-state index contributed by atoms with van der Waals surface area (Å²) in [6.45, 7) is 9.11. The topological polar surface area (TPSA) is 55.8 Å². The largest absolute Gasteiger partial charge is 0.469 e. The fourth-order valence-electron chi connectivity index (χ4n) is 2.44. The average molecular weight is 335 g/mol. The predicted molar refractivity (Wildman–Crippen MR) is 94.0 cm³/mol. The monoisotopic (exact) mass is 335 g/mol. The van der Waals surface area contributed by atoms with Gasteiger partial charge in [-0.15, -0.1) is 0 Å². The van der Waals surface area contributed by atoms with Crippen molar-refractivity contribution in [3.63, 3.8) is 0 Å². The number of hydrogen-bond acceptors (Lipinski definition) is 4. The molecule has 0 fully saturated rings. The van der Waals surface area contributed by atoms with Gasteiger partial charge in [0.25, 0.3) is 5.91 Å². The third-order valence-corrected chi connectivity index (χ3v) is 3.78. The molecule has 0 radical (unpaired) electrons. The van der Waals surface area contributed by atoms with Gasteiger partial charge in [-0.25, -0.2) is 0 Å². The van der Waals surface area contributed by atoms with Crippen LogP contribution in [-0.4, -0.2) is 49.7 Å². The Labute approximate surface area is 144 Å². The highest BCUT2D eigenvalue weighted by atomic mass is 16.5. The second kappa shape index (κ2) is 10.1. The summed E-state index contributed by atoms with van der Waals surface area (Å²) in [6, 6.07) is 7.49. The molecule has 134 valence electrons. The first-order valence-corrected chi connectivity index (χ1v) is 8.41. The van der Waals surface area contributed by atoms with E-state index >= 15 is 0 Å². The minimum atomic E-state index is -0.367. The van der Waals surface area contributed by atoms with Gasteiger partial charge in [-0.05, 0) is 38.8 Å². The van der Waals surface area contributed by atoms with Gasteiger partial charge in [0.05, 0.1) is 19.1 Å². The highest BCUT2D eigenvalue weighted by Gasteiger charge is 2.23. The average Bonchev–Trinajstić information content (AvgIpc) is 2.56. The van der Waals surface area contributed by atoms with Crippen molar-refractivity contribution in [2.45, 2.75) is 40.2 Å². The SMILES string of the molecule is COC(=O)C(C)CN(CCCOC(C)C)C(=O)c1ccccc1C. The maximum atomic E-state index is 12.9. The van der Waals surface area contributed by atoms with E-state index in [0.29, 0.717) is 25.3 Å². The molecule has 0 bridgehead atoms. The maximum absolute atomic E-state index is 12.9. The van der Waals surface area contributed by atoms with Gasteiger partial charge >= 0.3 is 5.97 Å². The summed E-state index contributed by atoms with van der Waals surface area (Å²) in [6.07, 6.45) is 0.892. The smallest absolute Gasteiger partial charge is 0.310 e. The van der Waals surface area contributed by atoms with Crippen LogP contribution in [0.5, 0.6) is 0 Å². The lowest BCUT2D eigenvalue weighted by Crippen LogP contribution is -2.38. The van der Waals surface area contributed by atoms with Crippen LogP contribution in [0.15, 0.2) is 24.3 Å². The van der Waals surface area contributed by atoms with E-state index in [1.54, 1.807) is 11.8 Å². The molecule has 0 aliphatic rings. The zero-order valence-corrected chi connectivity index (χ0v) is 15.4. The minimum absolute atomic E-state index is 0.0617. The van der Waals surface area contributed by atoms with E-state index in [1.807, 2.05) is 45.0 Å². The van der Waals surface area contributed by atoms with Gasteiger partial charge in [-0.3, -0.25) is 9.59 Å².